The van der Waals surface area contributed by atoms with Gasteiger partial charge in [0, 0.05) is 17.8 Å². The van der Waals surface area contributed by atoms with E-state index < -0.39 is 0 Å². The average Bonchev–Trinajstić information content (AvgIpc) is 2.05. The summed E-state index contributed by atoms with van der Waals surface area (Å²) in [7, 11) is 0. The molecule has 0 bridgehead atoms. The van der Waals surface area contributed by atoms with E-state index in [1.165, 1.54) is 0 Å². The highest BCUT2D eigenvalue weighted by Gasteiger charge is 2.05. The molecule has 2 nitrogen and oxygen atoms in total. The molecule has 0 radical (unpaired) electrons. The lowest BCUT2D eigenvalue weighted by Gasteiger charge is -2.12. The van der Waals surface area contributed by atoms with E-state index in [-0.39, 0.29) is 5.91 Å². The SMILES string of the molecule is CCCC(C)NC(=O)CCCCBr. The van der Waals surface area contributed by atoms with Gasteiger partial charge in [-0.15, -0.1) is 0 Å². The van der Waals surface area contributed by atoms with Gasteiger partial charge < -0.3 is 5.32 Å². The molecule has 0 rings (SSSR count). The highest BCUT2D eigenvalue weighted by molar-refractivity contribution is 9.09. The number of hydrogen-bond donors (Lipinski definition) is 1. The van der Waals surface area contributed by atoms with Crippen molar-refractivity contribution in [2.45, 2.75) is 52.0 Å². The Balaban J connectivity index is 3.38. The fraction of sp³-hybridized carbons (Fsp3) is 0.900. The predicted molar refractivity (Wildman–Crippen MR) is 60.2 cm³/mol. The van der Waals surface area contributed by atoms with Gasteiger partial charge in [0.2, 0.25) is 5.91 Å². The third kappa shape index (κ3) is 8.28. The number of halogens is 1. The van der Waals surface area contributed by atoms with Crippen LogP contribution in [0.25, 0.3) is 0 Å². The number of hydrogen-bond acceptors (Lipinski definition) is 1. The van der Waals surface area contributed by atoms with Crippen LogP contribution in [0.15, 0.2) is 0 Å². The third-order valence-electron chi connectivity index (χ3n) is 1.92. The lowest BCUT2D eigenvalue weighted by Crippen LogP contribution is -2.32. The zero-order valence-electron chi connectivity index (χ0n) is 8.61. The quantitative estimate of drug-likeness (QED) is 0.546. The molecule has 0 fully saturated rings. The Morgan fingerprint density at radius 1 is 1.46 bits per heavy atom. The van der Waals surface area contributed by atoms with Gasteiger partial charge in [-0.3, -0.25) is 4.79 Å². The van der Waals surface area contributed by atoms with Gasteiger partial charge in [-0.2, -0.15) is 0 Å². The number of alkyl halides is 1. The van der Waals surface area contributed by atoms with E-state index in [4.69, 9.17) is 0 Å². The molecule has 0 aliphatic carbocycles. The lowest BCUT2D eigenvalue weighted by atomic mass is 10.2. The molecule has 0 aromatic carbocycles. The van der Waals surface area contributed by atoms with Crippen LogP contribution < -0.4 is 5.32 Å². The van der Waals surface area contributed by atoms with Crippen LogP contribution in [0.3, 0.4) is 0 Å². The molecule has 0 aromatic rings. The fourth-order valence-electron chi connectivity index (χ4n) is 1.23. The number of carbonyl (C=O) groups excluding carboxylic acids is 1. The van der Waals surface area contributed by atoms with Crippen molar-refractivity contribution in [2.75, 3.05) is 5.33 Å². The Kier molecular flexibility index (Phi) is 8.51. The monoisotopic (exact) mass is 249 g/mol. The van der Waals surface area contributed by atoms with Crippen LogP contribution in [0.5, 0.6) is 0 Å². The molecule has 0 aliphatic rings. The van der Waals surface area contributed by atoms with Crippen LogP contribution in [-0.4, -0.2) is 17.3 Å². The molecular formula is C10H20BrNO. The first kappa shape index (κ1) is 12.9. The summed E-state index contributed by atoms with van der Waals surface area (Å²) < 4.78 is 0. The minimum Gasteiger partial charge on any atom is -0.354 e. The van der Waals surface area contributed by atoms with Crippen LogP contribution in [0.4, 0.5) is 0 Å². The highest BCUT2D eigenvalue weighted by Crippen LogP contribution is 2.00. The number of unbranched alkanes of at least 4 members (excludes halogenated alkanes) is 1. The molecule has 1 atom stereocenters. The van der Waals surface area contributed by atoms with Crippen molar-refractivity contribution in [3.8, 4) is 0 Å². The van der Waals surface area contributed by atoms with Crippen molar-refractivity contribution >= 4 is 21.8 Å². The summed E-state index contributed by atoms with van der Waals surface area (Å²) in [5.74, 6) is 0.196. The summed E-state index contributed by atoms with van der Waals surface area (Å²) in [6.45, 7) is 4.19. The van der Waals surface area contributed by atoms with Gasteiger partial charge in [0.05, 0.1) is 0 Å². The molecule has 0 aromatic heterocycles. The van der Waals surface area contributed by atoms with E-state index in [0.717, 1.165) is 31.0 Å². The number of nitrogens with one attached hydrogen (secondary N) is 1. The Morgan fingerprint density at radius 3 is 2.69 bits per heavy atom. The van der Waals surface area contributed by atoms with Crippen molar-refractivity contribution in [1.29, 1.82) is 0 Å². The molecule has 13 heavy (non-hydrogen) atoms. The molecule has 1 N–H and O–H groups in total. The third-order valence-corrected chi connectivity index (χ3v) is 2.48. The second kappa shape index (κ2) is 8.54. The van der Waals surface area contributed by atoms with Crippen molar-refractivity contribution in [2.24, 2.45) is 0 Å². The molecule has 0 saturated carbocycles. The van der Waals surface area contributed by atoms with Gasteiger partial charge in [-0.1, -0.05) is 29.3 Å². The van der Waals surface area contributed by atoms with Crippen molar-refractivity contribution < 1.29 is 4.79 Å². The summed E-state index contributed by atoms with van der Waals surface area (Å²) >= 11 is 3.34. The summed E-state index contributed by atoms with van der Waals surface area (Å²) in [4.78, 5) is 11.3. The van der Waals surface area contributed by atoms with Crippen LogP contribution in [0.2, 0.25) is 0 Å². The van der Waals surface area contributed by atoms with E-state index in [0.29, 0.717) is 12.5 Å². The highest BCUT2D eigenvalue weighted by atomic mass is 79.9. The molecule has 0 aliphatic heterocycles. The normalized spacial score (nSPS) is 12.5. The minimum absolute atomic E-state index is 0.196. The van der Waals surface area contributed by atoms with Crippen LogP contribution >= 0.6 is 15.9 Å². The molecular weight excluding hydrogens is 230 g/mol. The topological polar surface area (TPSA) is 29.1 Å². The van der Waals surface area contributed by atoms with E-state index in [1.54, 1.807) is 0 Å². The first-order valence-corrected chi connectivity index (χ1v) is 6.18. The van der Waals surface area contributed by atoms with E-state index in [1.807, 2.05) is 0 Å². The van der Waals surface area contributed by atoms with Gasteiger partial charge >= 0.3 is 0 Å². The zero-order chi connectivity index (χ0) is 10.1. The summed E-state index contributed by atoms with van der Waals surface area (Å²) in [6.07, 6.45) is 4.93. The molecule has 1 amide bonds. The van der Waals surface area contributed by atoms with Crippen LogP contribution in [0.1, 0.15) is 46.0 Å². The van der Waals surface area contributed by atoms with Gasteiger partial charge in [0.15, 0.2) is 0 Å². The first-order chi connectivity index (χ1) is 6.20. The molecule has 3 heteroatoms. The number of carbonyl (C=O) groups is 1. The summed E-state index contributed by atoms with van der Waals surface area (Å²) in [5, 5.41) is 3.98. The smallest absolute Gasteiger partial charge is 0.220 e. The molecule has 0 saturated heterocycles. The Morgan fingerprint density at radius 2 is 2.15 bits per heavy atom. The number of rotatable bonds is 7. The Hall–Kier alpha value is -0.0500. The first-order valence-electron chi connectivity index (χ1n) is 5.06. The predicted octanol–water partition coefficient (Wildman–Crippen LogP) is 2.86. The second-order valence-corrected chi connectivity index (χ2v) is 4.20. The average molecular weight is 250 g/mol. The fourth-order valence-corrected chi connectivity index (χ4v) is 1.63. The molecule has 1 unspecified atom stereocenters. The van der Waals surface area contributed by atoms with Gasteiger partial charge in [0.1, 0.15) is 0 Å². The van der Waals surface area contributed by atoms with Crippen molar-refractivity contribution in [3.63, 3.8) is 0 Å². The van der Waals surface area contributed by atoms with Gasteiger partial charge in [0.25, 0.3) is 0 Å². The Labute approximate surface area is 89.6 Å². The standard InChI is InChI=1S/C10H20BrNO/c1-3-6-9(2)12-10(13)7-4-5-8-11/h9H,3-8H2,1-2H3,(H,12,13). The number of amides is 1. The van der Waals surface area contributed by atoms with Crippen molar-refractivity contribution in [3.05, 3.63) is 0 Å². The zero-order valence-corrected chi connectivity index (χ0v) is 10.2. The summed E-state index contributed by atoms with van der Waals surface area (Å²) in [6, 6.07) is 0.335. The van der Waals surface area contributed by atoms with Crippen LogP contribution in [-0.2, 0) is 4.79 Å². The van der Waals surface area contributed by atoms with E-state index >= 15 is 0 Å². The molecule has 78 valence electrons. The largest absolute Gasteiger partial charge is 0.354 e. The maximum absolute atomic E-state index is 11.3. The molecule has 0 spiro atoms. The maximum atomic E-state index is 11.3. The van der Waals surface area contributed by atoms with Gasteiger partial charge in [-0.25, -0.2) is 0 Å². The maximum Gasteiger partial charge on any atom is 0.220 e. The lowest BCUT2D eigenvalue weighted by molar-refractivity contribution is -0.121. The molecule has 0 heterocycles. The van der Waals surface area contributed by atoms with Crippen molar-refractivity contribution in [1.82, 2.24) is 5.32 Å². The second-order valence-electron chi connectivity index (χ2n) is 3.40. The summed E-state index contributed by atoms with van der Waals surface area (Å²) in [5.41, 5.74) is 0. The van der Waals surface area contributed by atoms with Crippen LogP contribution in [0, 0.1) is 0 Å². The van der Waals surface area contributed by atoms with E-state index in [9.17, 15) is 4.79 Å². The van der Waals surface area contributed by atoms with Gasteiger partial charge in [-0.05, 0) is 26.2 Å². The minimum atomic E-state index is 0.196. The Bertz CT molecular complexity index is 139. The van der Waals surface area contributed by atoms with E-state index in [2.05, 4.69) is 35.1 Å².